The van der Waals surface area contributed by atoms with Gasteiger partial charge in [0.1, 0.15) is 0 Å². The zero-order valence-electron chi connectivity index (χ0n) is 14.1. The molecule has 6 nitrogen and oxygen atoms in total. The van der Waals surface area contributed by atoms with Gasteiger partial charge in [0, 0.05) is 19.1 Å². The van der Waals surface area contributed by atoms with E-state index in [1.54, 1.807) is 4.90 Å². The van der Waals surface area contributed by atoms with Gasteiger partial charge in [0.05, 0.1) is 17.8 Å². The average Bonchev–Trinajstić information content (AvgIpc) is 2.45. The van der Waals surface area contributed by atoms with Crippen LogP contribution < -0.4 is 5.32 Å². The number of nitrogens with one attached hydrogen (secondary N) is 1. The molecule has 2 amide bonds. The molecule has 130 valence electrons. The molecule has 1 saturated carbocycles. The van der Waals surface area contributed by atoms with Crippen LogP contribution in [0.15, 0.2) is 0 Å². The monoisotopic (exact) mass is 324 g/mol. The molecule has 4 atom stereocenters. The minimum atomic E-state index is -0.881. The summed E-state index contributed by atoms with van der Waals surface area (Å²) in [4.78, 5) is 37.8. The highest BCUT2D eigenvalue weighted by molar-refractivity contribution is 5.87. The summed E-state index contributed by atoms with van der Waals surface area (Å²) in [6, 6.07) is 0.0808. The van der Waals surface area contributed by atoms with Gasteiger partial charge in [-0.25, -0.2) is 0 Å². The second kappa shape index (κ2) is 7.79. The number of nitrogens with zero attached hydrogens (tertiary/aromatic N) is 1. The lowest BCUT2D eigenvalue weighted by atomic mass is 9.72. The van der Waals surface area contributed by atoms with Crippen LogP contribution in [0.3, 0.4) is 0 Å². The van der Waals surface area contributed by atoms with E-state index in [0.29, 0.717) is 25.9 Å². The molecular formula is C17H28N2O4. The molecule has 0 aromatic heterocycles. The summed E-state index contributed by atoms with van der Waals surface area (Å²) in [6.45, 7) is 5.16. The van der Waals surface area contributed by atoms with Crippen molar-refractivity contribution in [2.24, 2.45) is 17.8 Å². The molecule has 0 bridgehead atoms. The van der Waals surface area contributed by atoms with Crippen LogP contribution in [-0.4, -0.2) is 46.9 Å². The van der Waals surface area contributed by atoms with Gasteiger partial charge in [-0.3, -0.25) is 14.4 Å². The second-order valence-corrected chi connectivity index (χ2v) is 6.89. The number of unbranched alkanes of at least 4 members (excludes halogenated alkanes) is 1. The van der Waals surface area contributed by atoms with E-state index in [-0.39, 0.29) is 23.8 Å². The molecule has 0 spiro atoms. The molecule has 1 heterocycles. The normalized spacial score (nSPS) is 30.4. The fourth-order valence-corrected chi connectivity index (χ4v) is 3.46. The van der Waals surface area contributed by atoms with Gasteiger partial charge in [-0.1, -0.05) is 13.3 Å². The quantitative estimate of drug-likeness (QED) is 0.727. The summed E-state index contributed by atoms with van der Waals surface area (Å²) in [5.74, 6) is -2.07. The van der Waals surface area contributed by atoms with Crippen molar-refractivity contribution in [3.8, 4) is 0 Å². The predicted molar refractivity (Wildman–Crippen MR) is 85.7 cm³/mol. The molecule has 1 aliphatic carbocycles. The molecule has 1 saturated heterocycles. The Bertz CT molecular complexity index is 466. The number of hydrogen-bond donors (Lipinski definition) is 2. The number of carboxylic acid groups (broad SMARTS) is 1. The van der Waals surface area contributed by atoms with Crippen molar-refractivity contribution in [3.63, 3.8) is 0 Å². The van der Waals surface area contributed by atoms with Crippen molar-refractivity contribution in [2.75, 3.05) is 13.1 Å². The molecule has 1 aliphatic heterocycles. The van der Waals surface area contributed by atoms with E-state index in [0.717, 1.165) is 25.7 Å². The van der Waals surface area contributed by atoms with Gasteiger partial charge in [0.15, 0.2) is 0 Å². The maximum Gasteiger partial charge on any atom is 0.307 e. The minimum absolute atomic E-state index is 0.0199. The number of amides is 2. The highest BCUT2D eigenvalue weighted by Crippen LogP contribution is 2.37. The highest BCUT2D eigenvalue weighted by Gasteiger charge is 2.45. The predicted octanol–water partition coefficient (Wildman–Crippen LogP) is 1.64. The molecule has 23 heavy (non-hydrogen) atoms. The number of carbonyl (C=O) groups excluding carboxylic acids is 2. The lowest BCUT2D eigenvalue weighted by Gasteiger charge is -2.42. The van der Waals surface area contributed by atoms with Crippen LogP contribution in [0.1, 0.15) is 52.4 Å². The van der Waals surface area contributed by atoms with Crippen molar-refractivity contribution in [2.45, 2.75) is 58.4 Å². The topological polar surface area (TPSA) is 86.7 Å². The van der Waals surface area contributed by atoms with E-state index >= 15 is 0 Å². The third-order valence-electron chi connectivity index (χ3n) is 5.27. The summed E-state index contributed by atoms with van der Waals surface area (Å²) in [7, 11) is 0. The van der Waals surface area contributed by atoms with Gasteiger partial charge in [0.2, 0.25) is 11.8 Å². The first-order valence-corrected chi connectivity index (χ1v) is 8.76. The van der Waals surface area contributed by atoms with Crippen molar-refractivity contribution >= 4 is 17.8 Å². The van der Waals surface area contributed by atoms with E-state index in [1.165, 1.54) is 0 Å². The van der Waals surface area contributed by atoms with Gasteiger partial charge in [-0.15, -0.1) is 0 Å². The Kier molecular flexibility index (Phi) is 6.02. The fraction of sp³-hybridized carbons (Fsp3) is 0.824. The number of rotatable bonds is 6. The van der Waals surface area contributed by atoms with Gasteiger partial charge in [0.25, 0.3) is 0 Å². The van der Waals surface area contributed by atoms with Gasteiger partial charge in [-0.05, 0) is 39.0 Å². The molecule has 2 fully saturated rings. The SMILES string of the molecule is CCCCNC(=O)C1CCC(C)N(C(=O)C2CCC2C(=O)O)C1. The van der Waals surface area contributed by atoms with E-state index in [4.69, 9.17) is 5.11 Å². The minimum Gasteiger partial charge on any atom is -0.481 e. The summed E-state index contributed by atoms with van der Waals surface area (Å²) in [5.41, 5.74) is 0. The van der Waals surface area contributed by atoms with Crippen molar-refractivity contribution < 1.29 is 19.5 Å². The molecular weight excluding hydrogens is 296 g/mol. The number of aliphatic carboxylic acids is 1. The first kappa shape index (κ1) is 17.8. The Hall–Kier alpha value is -1.59. The standard InChI is InChI=1S/C17H28N2O4/c1-3-4-9-18-15(20)12-6-5-11(2)19(10-12)16(21)13-7-8-14(13)17(22)23/h11-14H,3-10H2,1-2H3,(H,18,20)(H,22,23). The van der Waals surface area contributed by atoms with Crippen LogP contribution >= 0.6 is 0 Å². The third-order valence-corrected chi connectivity index (χ3v) is 5.27. The molecule has 2 N–H and O–H groups in total. The third kappa shape index (κ3) is 4.03. The number of carboxylic acids is 1. The van der Waals surface area contributed by atoms with Crippen molar-refractivity contribution in [1.82, 2.24) is 10.2 Å². The molecule has 6 heteroatoms. The Morgan fingerprint density at radius 1 is 1.13 bits per heavy atom. The van der Waals surface area contributed by atoms with Crippen LogP contribution in [0.4, 0.5) is 0 Å². The van der Waals surface area contributed by atoms with Crippen molar-refractivity contribution in [3.05, 3.63) is 0 Å². The maximum absolute atomic E-state index is 12.7. The lowest BCUT2D eigenvalue weighted by molar-refractivity contribution is -0.159. The second-order valence-electron chi connectivity index (χ2n) is 6.89. The van der Waals surface area contributed by atoms with Gasteiger partial charge >= 0.3 is 5.97 Å². The Labute approximate surface area is 137 Å². The molecule has 0 aromatic rings. The number of carbonyl (C=O) groups is 3. The first-order valence-electron chi connectivity index (χ1n) is 8.76. The molecule has 2 rings (SSSR count). The Morgan fingerprint density at radius 3 is 2.39 bits per heavy atom. The fourth-order valence-electron chi connectivity index (χ4n) is 3.46. The maximum atomic E-state index is 12.7. The average molecular weight is 324 g/mol. The van der Waals surface area contributed by atoms with Crippen molar-refractivity contribution in [1.29, 1.82) is 0 Å². The molecule has 0 radical (unpaired) electrons. The van der Waals surface area contributed by atoms with Crippen LogP contribution in [0.2, 0.25) is 0 Å². The van der Waals surface area contributed by atoms with E-state index in [1.807, 2.05) is 6.92 Å². The van der Waals surface area contributed by atoms with Gasteiger partial charge in [-0.2, -0.15) is 0 Å². The molecule has 0 aromatic carbocycles. The molecule has 2 aliphatic rings. The van der Waals surface area contributed by atoms with Crippen LogP contribution in [0.5, 0.6) is 0 Å². The number of likely N-dealkylation sites (tertiary alicyclic amines) is 1. The first-order chi connectivity index (χ1) is 11.0. The van der Waals surface area contributed by atoms with Gasteiger partial charge < -0.3 is 15.3 Å². The lowest BCUT2D eigenvalue weighted by Crippen LogP contribution is -2.54. The highest BCUT2D eigenvalue weighted by atomic mass is 16.4. The van der Waals surface area contributed by atoms with E-state index in [9.17, 15) is 14.4 Å². The van der Waals surface area contributed by atoms with Crippen LogP contribution in [0, 0.1) is 17.8 Å². The smallest absolute Gasteiger partial charge is 0.307 e. The summed E-state index contributed by atoms with van der Waals surface area (Å²) < 4.78 is 0. The number of hydrogen-bond acceptors (Lipinski definition) is 3. The van der Waals surface area contributed by atoms with E-state index in [2.05, 4.69) is 12.2 Å². The summed E-state index contributed by atoms with van der Waals surface area (Å²) >= 11 is 0. The Balaban J connectivity index is 1.94. The van der Waals surface area contributed by atoms with E-state index < -0.39 is 17.8 Å². The Morgan fingerprint density at radius 2 is 1.83 bits per heavy atom. The number of piperidine rings is 1. The largest absolute Gasteiger partial charge is 0.481 e. The zero-order valence-corrected chi connectivity index (χ0v) is 14.1. The molecule has 4 unspecified atom stereocenters. The summed E-state index contributed by atoms with van der Waals surface area (Å²) in [6.07, 6.45) is 4.80. The van der Waals surface area contributed by atoms with Crippen LogP contribution in [0.25, 0.3) is 0 Å². The summed E-state index contributed by atoms with van der Waals surface area (Å²) in [5, 5.41) is 12.1. The zero-order chi connectivity index (χ0) is 17.0. The van der Waals surface area contributed by atoms with Crippen LogP contribution in [-0.2, 0) is 14.4 Å².